The maximum atomic E-state index is 11.5. The van der Waals surface area contributed by atoms with Gasteiger partial charge in [0.05, 0.1) is 11.7 Å². The van der Waals surface area contributed by atoms with Crippen LogP contribution in [0.2, 0.25) is 0 Å². The lowest BCUT2D eigenvalue weighted by Gasteiger charge is -2.12. The number of nitrogens with zero attached hydrogens (tertiary/aromatic N) is 2. The molecule has 1 aromatic rings. The third-order valence-electron chi connectivity index (χ3n) is 3.26. The topological polar surface area (TPSA) is 59.0 Å². The molecule has 0 aromatic carbocycles. The number of amides is 1. The van der Waals surface area contributed by atoms with Crippen LogP contribution in [0.1, 0.15) is 58.7 Å². The maximum absolute atomic E-state index is 11.5. The first kappa shape index (κ1) is 16.7. The average molecular weight is 280 g/mol. The van der Waals surface area contributed by atoms with Crippen molar-refractivity contribution in [2.24, 2.45) is 0 Å². The fourth-order valence-corrected chi connectivity index (χ4v) is 2.15. The van der Waals surface area contributed by atoms with Crippen molar-refractivity contribution in [3.63, 3.8) is 0 Å². The summed E-state index contributed by atoms with van der Waals surface area (Å²) in [5.74, 6) is 0.0926. The standard InChI is InChI=1S/C15H28N4O/c1-5-14(6-2)19-10-8-13(18-19)11-16-9-7-15(20)17-12(3)4/h8,10,12,14,16H,5-7,9,11H2,1-4H3,(H,17,20). The van der Waals surface area contributed by atoms with E-state index in [2.05, 4.69) is 29.6 Å². The van der Waals surface area contributed by atoms with E-state index in [4.69, 9.17) is 0 Å². The molecule has 5 heteroatoms. The molecule has 2 N–H and O–H groups in total. The van der Waals surface area contributed by atoms with Crippen molar-refractivity contribution in [1.82, 2.24) is 20.4 Å². The van der Waals surface area contributed by atoms with Crippen LogP contribution in [-0.2, 0) is 11.3 Å². The molecule has 0 spiro atoms. The van der Waals surface area contributed by atoms with Crippen LogP contribution >= 0.6 is 0 Å². The third-order valence-corrected chi connectivity index (χ3v) is 3.26. The minimum atomic E-state index is 0.0926. The summed E-state index contributed by atoms with van der Waals surface area (Å²) in [6.45, 7) is 9.69. The Morgan fingerprint density at radius 1 is 1.35 bits per heavy atom. The molecule has 0 radical (unpaired) electrons. The van der Waals surface area contributed by atoms with Crippen LogP contribution in [0.5, 0.6) is 0 Å². The lowest BCUT2D eigenvalue weighted by Crippen LogP contribution is -2.32. The van der Waals surface area contributed by atoms with Crippen LogP contribution in [0.4, 0.5) is 0 Å². The van der Waals surface area contributed by atoms with E-state index in [1.165, 1.54) is 0 Å². The molecule has 0 aliphatic rings. The zero-order chi connectivity index (χ0) is 15.0. The SMILES string of the molecule is CCC(CC)n1ccc(CNCCC(=O)NC(C)C)n1. The van der Waals surface area contributed by atoms with Crippen molar-refractivity contribution in [2.75, 3.05) is 6.54 Å². The van der Waals surface area contributed by atoms with Crippen LogP contribution in [0, 0.1) is 0 Å². The predicted octanol–water partition coefficient (Wildman–Crippen LogP) is 2.25. The second kappa shape index (κ2) is 8.74. The molecule has 20 heavy (non-hydrogen) atoms. The Kier molecular flexibility index (Phi) is 7.30. The first-order valence-corrected chi connectivity index (χ1v) is 7.60. The van der Waals surface area contributed by atoms with Crippen molar-refractivity contribution in [1.29, 1.82) is 0 Å². The van der Waals surface area contributed by atoms with E-state index in [1.807, 2.05) is 30.8 Å². The molecule has 0 saturated carbocycles. The van der Waals surface area contributed by atoms with Crippen molar-refractivity contribution < 1.29 is 4.79 Å². The Balaban J connectivity index is 2.27. The van der Waals surface area contributed by atoms with Crippen LogP contribution in [0.3, 0.4) is 0 Å². The number of hydrogen-bond acceptors (Lipinski definition) is 3. The van der Waals surface area contributed by atoms with Gasteiger partial charge in [0.2, 0.25) is 5.91 Å². The minimum absolute atomic E-state index is 0.0926. The highest BCUT2D eigenvalue weighted by atomic mass is 16.1. The summed E-state index contributed by atoms with van der Waals surface area (Å²) in [4.78, 5) is 11.5. The lowest BCUT2D eigenvalue weighted by molar-refractivity contribution is -0.121. The fraction of sp³-hybridized carbons (Fsp3) is 0.733. The van der Waals surface area contributed by atoms with Crippen molar-refractivity contribution in [2.45, 2.75) is 65.6 Å². The summed E-state index contributed by atoms with van der Waals surface area (Å²) >= 11 is 0. The molecule has 0 bridgehead atoms. The molecule has 0 fully saturated rings. The van der Waals surface area contributed by atoms with Gasteiger partial charge in [-0.15, -0.1) is 0 Å². The monoisotopic (exact) mass is 280 g/mol. The number of hydrogen-bond donors (Lipinski definition) is 2. The molecule has 0 aliphatic heterocycles. The molecule has 0 unspecified atom stereocenters. The van der Waals surface area contributed by atoms with Crippen LogP contribution in [0.25, 0.3) is 0 Å². The number of aromatic nitrogens is 2. The van der Waals surface area contributed by atoms with Crippen molar-refractivity contribution in [3.05, 3.63) is 18.0 Å². The summed E-state index contributed by atoms with van der Waals surface area (Å²) < 4.78 is 2.04. The average Bonchev–Trinajstić information content (AvgIpc) is 2.84. The summed E-state index contributed by atoms with van der Waals surface area (Å²) in [5.41, 5.74) is 1.03. The molecular weight excluding hydrogens is 252 g/mol. The number of carbonyl (C=O) groups excluding carboxylic acids is 1. The first-order valence-electron chi connectivity index (χ1n) is 7.60. The van der Waals surface area contributed by atoms with E-state index >= 15 is 0 Å². The zero-order valence-corrected chi connectivity index (χ0v) is 13.1. The van der Waals surface area contributed by atoms with E-state index in [1.54, 1.807) is 0 Å². The molecule has 0 saturated heterocycles. The quantitative estimate of drug-likeness (QED) is 0.682. The van der Waals surface area contributed by atoms with E-state index in [9.17, 15) is 4.79 Å². The highest BCUT2D eigenvalue weighted by Crippen LogP contribution is 2.14. The zero-order valence-electron chi connectivity index (χ0n) is 13.1. The largest absolute Gasteiger partial charge is 0.354 e. The molecular formula is C15H28N4O. The maximum Gasteiger partial charge on any atom is 0.221 e. The number of carbonyl (C=O) groups is 1. The smallest absolute Gasteiger partial charge is 0.221 e. The summed E-state index contributed by atoms with van der Waals surface area (Å²) in [6, 6.07) is 2.73. The van der Waals surface area contributed by atoms with Crippen molar-refractivity contribution in [3.8, 4) is 0 Å². The van der Waals surface area contributed by atoms with Crippen LogP contribution in [0.15, 0.2) is 12.3 Å². The van der Waals surface area contributed by atoms with Crippen molar-refractivity contribution >= 4 is 5.91 Å². The Morgan fingerprint density at radius 3 is 2.65 bits per heavy atom. The minimum Gasteiger partial charge on any atom is -0.354 e. The molecule has 1 rings (SSSR count). The first-order chi connectivity index (χ1) is 9.56. The van der Waals surface area contributed by atoms with E-state index < -0.39 is 0 Å². The molecule has 0 atom stereocenters. The van der Waals surface area contributed by atoms with Gasteiger partial charge < -0.3 is 10.6 Å². The molecule has 1 heterocycles. The Hall–Kier alpha value is -1.36. The third kappa shape index (κ3) is 5.74. The van der Waals surface area contributed by atoms with Gasteiger partial charge in [0, 0.05) is 31.7 Å². The predicted molar refractivity (Wildman–Crippen MR) is 81.4 cm³/mol. The Morgan fingerprint density at radius 2 is 2.05 bits per heavy atom. The number of rotatable bonds is 9. The molecule has 1 amide bonds. The van der Waals surface area contributed by atoms with Gasteiger partial charge in [-0.3, -0.25) is 9.48 Å². The molecule has 5 nitrogen and oxygen atoms in total. The summed E-state index contributed by atoms with van der Waals surface area (Å²) in [7, 11) is 0. The molecule has 1 aromatic heterocycles. The Bertz CT molecular complexity index is 396. The normalized spacial score (nSPS) is 11.3. The van der Waals surface area contributed by atoms with Gasteiger partial charge >= 0.3 is 0 Å². The van der Waals surface area contributed by atoms with E-state index in [0.29, 0.717) is 25.6 Å². The van der Waals surface area contributed by atoms with Gasteiger partial charge in [-0.1, -0.05) is 13.8 Å². The second-order valence-electron chi connectivity index (χ2n) is 5.41. The van der Waals surface area contributed by atoms with Gasteiger partial charge in [-0.2, -0.15) is 5.10 Å². The van der Waals surface area contributed by atoms with Gasteiger partial charge in [0.1, 0.15) is 0 Å². The van der Waals surface area contributed by atoms with E-state index in [-0.39, 0.29) is 11.9 Å². The van der Waals surface area contributed by atoms with E-state index in [0.717, 1.165) is 18.5 Å². The second-order valence-corrected chi connectivity index (χ2v) is 5.41. The fourth-order valence-electron chi connectivity index (χ4n) is 2.15. The van der Waals surface area contributed by atoms with Crippen LogP contribution in [-0.4, -0.2) is 28.3 Å². The highest BCUT2D eigenvalue weighted by Gasteiger charge is 2.08. The number of nitrogens with one attached hydrogen (secondary N) is 2. The van der Waals surface area contributed by atoms with Gasteiger partial charge in [0.25, 0.3) is 0 Å². The molecule has 114 valence electrons. The van der Waals surface area contributed by atoms with Crippen LogP contribution < -0.4 is 10.6 Å². The summed E-state index contributed by atoms with van der Waals surface area (Å²) in [5, 5.41) is 10.7. The van der Waals surface area contributed by atoms with Gasteiger partial charge in [0.15, 0.2) is 0 Å². The van der Waals surface area contributed by atoms with Gasteiger partial charge in [-0.25, -0.2) is 0 Å². The Labute approximate surface area is 122 Å². The highest BCUT2D eigenvalue weighted by molar-refractivity contribution is 5.76. The summed E-state index contributed by atoms with van der Waals surface area (Å²) in [6.07, 6.45) is 4.74. The molecule has 0 aliphatic carbocycles. The lowest BCUT2D eigenvalue weighted by atomic mass is 10.2. The van der Waals surface area contributed by atoms with Gasteiger partial charge in [-0.05, 0) is 32.8 Å².